The Hall–Kier alpha value is -1.38. The van der Waals surface area contributed by atoms with Crippen molar-refractivity contribution in [1.29, 1.82) is 5.26 Å². The van der Waals surface area contributed by atoms with Gasteiger partial charge in [0.05, 0.1) is 11.6 Å². The minimum absolute atomic E-state index is 0.0322. The molecule has 2 heterocycles. The maximum Gasteiger partial charge on any atom is 0.242 e. The first-order valence-corrected chi connectivity index (χ1v) is 10.1. The second kappa shape index (κ2) is 8.13. The van der Waals surface area contributed by atoms with E-state index in [4.69, 9.17) is 0 Å². The van der Waals surface area contributed by atoms with Crippen LogP contribution in [0.4, 0.5) is 5.00 Å². The first-order valence-electron chi connectivity index (χ1n) is 9.30. The molecule has 1 atom stereocenters. The van der Waals surface area contributed by atoms with Gasteiger partial charge in [0.1, 0.15) is 11.1 Å². The summed E-state index contributed by atoms with van der Waals surface area (Å²) in [5.41, 5.74) is 1.91. The lowest BCUT2D eigenvalue weighted by molar-refractivity contribution is -0.120. The predicted molar refractivity (Wildman–Crippen MR) is 98.4 cm³/mol. The van der Waals surface area contributed by atoms with Crippen LogP contribution in [-0.2, 0) is 17.6 Å². The number of aryl methyl sites for hydroxylation is 1. The molecule has 2 aliphatic rings. The number of carbonyl (C=O) groups excluding carboxylic acids is 1. The van der Waals surface area contributed by atoms with Crippen molar-refractivity contribution >= 4 is 22.2 Å². The molecule has 4 nitrogen and oxygen atoms in total. The molecule has 1 saturated heterocycles. The van der Waals surface area contributed by atoms with Crippen molar-refractivity contribution in [2.45, 2.75) is 70.8 Å². The zero-order valence-electron chi connectivity index (χ0n) is 14.6. The summed E-state index contributed by atoms with van der Waals surface area (Å²) in [7, 11) is 0. The van der Waals surface area contributed by atoms with E-state index in [0.717, 1.165) is 37.4 Å². The number of nitrogens with zero attached hydrogens (tertiary/aromatic N) is 2. The van der Waals surface area contributed by atoms with Crippen LogP contribution in [0.25, 0.3) is 0 Å². The van der Waals surface area contributed by atoms with Crippen molar-refractivity contribution in [3.63, 3.8) is 0 Å². The maximum absolute atomic E-state index is 12.7. The summed E-state index contributed by atoms with van der Waals surface area (Å²) in [4.78, 5) is 16.3. The van der Waals surface area contributed by atoms with Gasteiger partial charge in [0.25, 0.3) is 0 Å². The van der Waals surface area contributed by atoms with Crippen LogP contribution in [0.15, 0.2) is 0 Å². The molecule has 5 heteroatoms. The largest absolute Gasteiger partial charge is 0.315 e. The van der Waals surface area contributed by atoms with E-state index in [1.165, 1.54) is 49.0 Å². The zero-order valence-corrected chi connectivity index (χ0v) is 15.4. The normalized spacial score (nSPS) is 20.3. The van der Waals surface area contributed by atoms with Gasteiger partial charge in [0, 0.05) is 4.88 Å². The van der Waals surface area contributed by atoms with E-state index >= 15 is 0 Å². The second-order valence-corrected chi connectivity index (χ2v) is 8.10. The Balaban J connectivity index is 1.73. The number of nitrogens with one attached hydrogen (secondary N) is 1. The molecule has 24 heavy (non-hydrogen) atoms. The molecule has 1 N–H and O–H groups in total. The van der Waals surface area contributed by atoms with Crippen molar-refractivity contribution in [3.05, 3.63) is 16.0 Å². The van der Waals surface area contributed by atoms with Gasteiger partial charge in [-0.05, 0) is 64.1 Å². The number of fused-ring (bicyclic) bond motifs is 1. The molecule has 0 saturated carbocycles. The molecule has 0 aromatic carbocycles. The Labute approximate surface area is 148 Å². The molecule has 1 aliphatic heterocycles. The molecule has 1 fully saturated rings. The van der Waals surface area contributed by atoms with Crippen molar-refractivity contribution in [1.82, 2.24) is 4.90 Å². The van der Waals surface area contributed by atoms with E-state index in [1.54, 1.807) is 11.3 Å². The summed E-state index contributed by atoms with van der Waals surface area (Å²) in [6.45, 7) is 3.99. The minimum Gasteiger partial charge on any atom is -0.315 e. The van der Waals surface area contributed by atoms with Crippen LogP contribution in [0.2, 0.25) is 0 Å². The number of hydrogen-bond donors (Lipinski definition) is 1. The summed E-state index contributed by atoms with van der Waals surface area (Å²) < 4.78 is 0. The van der Waals surface area contributed by atoms with Crippen molar-refractivity contribution < 1.29 is 4.79 Å². The highest BCUT2D eigenvalue weighted by Crippen LogP contribution is 2.37. The number of thiophene rings is 1. The summed E-state index contributed by atoms with van der Waals surface area (Å²) in [5.74, 6) is 0.0322. The van der Waals surface area contributed by atoms with Gasteiger partial charge in [0.2, 0.25) is 5.91 Å². The second-order valence-electron chi connectivity index (χ2n) is 7.00. The molecule has 1 unspecified atom stereocenters. The Morgan fingerprint density at radius 1 is 1.12 bits per heavy atom. The molecule has 1 aliphatic carbocycles. The summed E-state index contributed by atoms with van der Waals surface area (Å²) >= 11 is 1.62. The first kappa shape index (κ1) is 17.4. The predicted octanol–water partition coefficient (Wildman–Crippen LogP) is 4.09. The Kier molecular flexibility index (Phi) is 5.91. The number of rotatable bonds is 3. The molecule has 1 aromatic rings. The van der Waals surface area contributed by atoms with Gasteiger partial charge in [0.15, 0.2) is 0 Å². The minimum atomic E-state index is -0.128. The highest BCUT2D eigenvalue weighted by molar-refractivity contribution is 7.16. The zero-order chi connectivity index (χ0) is 16.9. The van der Waals surface area contributed by atoms with Gasteiger partial charge >= 0.3 is 0 Å². The van der Waals surface area contributed by atoms with E-state index in [0.29, 0.717) is 5.56 Å². The summed E-state index contributed by atoms with van der Waals surface area (Å²) in [6.07, 6.45) is 10.5. The van der Waals surface area contributed by atoms with Gasteiger partial charge in [-0.2, -0.15) is 5.26 Å². The average Bonchev–Trinajstić information content (AvgIpc) is 2.82. The lowest BCUT2D eigenvalue weighted by Gasteiger charge is -2.26. The van der Waals surface area contributed by atoms with Gasteiger partial charge in [-0.3, -0.25) is 9.69 Å². The summed E-state index contributed by atoms with van der Waals surface area (Å²) in [6, 6.07) is 2.22. The van der Waals surface area contributed by atoms with E-state index in [2.05, 4.69) is 16.3 Å². The molecule has 1 amide bonds. The Bertz CT molecular complexity index is 623. The van der Waals surface area contributed by atoms with Crippen LogP contribution in [0.3, 0.4) is 0 Å². The average molecular weight is 346 g/mol. The lowest BCUT2D eigenvalue weighted by atomic mass is 10.1. The first-order chi connectivity index (χ1) is 11.7. The van der Waals surface area contributed by atoms with Crippen LogP contribution in [0.1, 0.15) is 67.9 Å². The number of likely N-dealkylation sites (tertiary alicyclic amines) is 1. The topological polar surface area (TPSA) is 56.1 Å². The highest BCUT2D eigenvalue weighted by Gasteiger charge is 2.25. The fourth-order valence-corrected chi connectivity index (χ4v) is 5.06. The lowest BCUT2D eigenvalue weighted by Crippen LogP contribution is -2.42. The smallest absolute Gasteiger partial charge is 0.242 e. The third-order valence-electron chi connectivity index (χ3n) is 5.34. The van der Waals surface area contributed by atoms with Crippen LogP contribution < -0.4 is 5.32 Å². The third kappa shape index (κ3) is 3.81. The van der Waals surface area contributed by atoms with Gasteiger partial charge in [-0.25, -0.2) is 0 Å². The van der Waals surface area contributed by atoms with Crippen molar-refractivity contribution in [2.24, 2.45) is 0 Å². The van der Waals surface area contributed by atoms with Gasteiger partial charge < -0.3 is 5.32 Å². The molecule has 130 valence electrons. The van der Waals surface area contributed by atoms with E-state index < -0.39 is 0 Å². The molecule has 0 bridgehead atoms. The highest BCUT2D eigenvalue weighted by atomic mass is 32.1. The number of nitriles is 1. The van der Waals surface area contributed by atoms with E-state index in [-0.39, 0.29) is 11.9 Å². The van der Waals surface area contributed by atoms with Crippen LogP contribution in [-0.4, -0.2) is 29.9 Å². The van der Waals surface area contributed by atoms with Crippen LogP contribution in [0.5, 0.6) is 0 Å². The quantitative estimate of drug-likeness (QED) is 0.839. The fraction of sp³-hybridized carbons (Fsp3) is 0.684. The standard InChI is InChI=1S/C19H27N3OS/c1-14(22-11-7-2-3-8-12-22)18(23)21-19-16(13-20)15-9-5-4-6-10-17(15)24-19/h14H,2-12H2,1H3,(H,21,23). The van der Waals surface area contributed by atoms with Crippen molar-refractivity contribution in [2.75, 3.05) is 18.4 Å². The van der Waals surface area contributed by atoms with Crippen LogP contribution >= 0.6 is 11.3 Å². The monoisotopic (exact) mass is 345 g/mol. The SMILES string of the molecule is CC(C(=O)Nc1sc2c(c1C#N)CCCCC2)N1CCCCCC1. The molecular formula is C19H27N3OS. The molecule has 1 aromatic heterocycles. The molecule has 3 rings (SSSR count). The van der Waals surface area contributed by atoms with E-state index in [1.807, 2.05) is 6.92 Å². The van der Waals surface area contributed by atoms with Crippen molar-refractivity contribution in [3.8, 4) is 6.07 Å². The number of carbonyl (C=O) groups is 1. The maximum atomic E-state index is 12.7. The molecule has 0 radical (unpaired) electrons. The number of hydrogen-bond acceptors (Lipinski definition) is 4. The van der Waals surface area contributed by atoms with Gasteiger partial charge in [-0.15, -0.1) is 11.3 Å². The van der Waals surface area contributed by atoms with Gasteiger partial charge in [-0.1, -0.05) is 19.3 Å². The third-order valence-corrected chi connectivity index (χ3v) is 6.54. The Morgan fingerprint density at radius 3 is 2.50 bits per heavy atom. The molecular weight excluding hydrogens is 318 g/mol. The number of anilines is 1. The molecule has 0 spiro atoms. The van der Waals surface area contributed by atoms with Crippen LogP contribution in [0, 0.1) is 11.3 Å². The fourth-order valence-electron chi connectivity index (χ4n) is 3.81. The van der Waals surface area contributed by atoms with E-state index in [9.17, 15) is 10.1 Å². The summed E-state index contributed by atoms with van der Waals surface area (Å²) in [5, 5.41) is 13.4. The Morgan fingerprint density at radius 2 is 1.79 bits per heavy atom. The number of amides is 1.